The van der Waals surface area contributed by atoms with Crippen LogP contribution in [-0.4, -0.2) is 69.9 Å². The van der Waals surface area contributed by atoms with Gasteiger partial charge in [-0.05, 0) is 110 Å². The molecule has 6 rings (SSSR count). The number of carbonyl (C=O) groups excluding carboxylic acids is 2. The highest BCUT2D eigenvalue weighted by atomic mass is 19.3. The Bertz CT molecular complexity index is 1880. The van der Waals surface area contributed by atoms with Crippen LogP contribution in [0.5, 0.6) is 23.8 Å². The van der Waals surface area contributed by atoms with Crippen molar-refractivity contribution < 1.29 is 46.1 Å². The van der Waals surface area contributed by atoms with Crippen molar-refractivity contribution in [3.05, 3.63) is 82.7 Å². The monoisotopic (exact) mass is 866 g/mol. The Morgan fingerprint density at radius 1 is 0.548 bits per heavy atom. The number of rotatable bonds is 18. The van der Waals surface area contributed by atoms with E-state index in [9.17, 15) is 27.2 Å². The summed E-state index contributed by atoms with van der Waals surface area (Å²) in [7, 11) is 5.69. The summed E-state index contributed by atoms with van der Waals surface area (Å²) in [5.74, 6) is 1.45. The Hall–Kier alpha value is -5.28. The Morgan fingerprint density at radius 3 is 1.16 bits per heavy atom. The molecule has 4 aromatic heterocycles. The highest BCUT2D eigenvalue weighted by Gasteiger charge is 2.34. The van der Waals surface area contributed by atoms with E-state index in [0.717, 1.165) is 64.2 Å². The van der Waals surface area contributed by atoms with Crippen molar-refractivity contribution >= 4 is 11.6 Å². The maximum atomic E-state index is 13.7. The minimum atomic E-state index is -2.62. The molecule has 12 nitrogen and oxygen atoms in total. The first kappa shape index (κ1) is 47.8. The smallest absolute Gasteiger partial charge is 0.316 e. The lowest BCUT2D eigenvalue weighted by Crippen LogP contribution is -2.23. The third kappa shape index (κ3) is 12.0. The summed E-state index contributed by atoms with van der Waals surface area (Å²) in [6.45, 7) is 4.19. The highest BCUT2D eigenvalue weighted by Crippen LogP contribution is 2.46. The van der Waals surface area contributed by atoms with Crippen LogP contribution in [0, 0.1) is 23.7 Å². The van der Waals surface area contributed by atoms with Gasteiger partial charge in [0.15, 0.2) is 11.6 Å². The first-order chi connectivity index (χ1) is 30.0. The van der Waals surface area contributed by atoms with Gasteiger partial charge >= 0.3 is 12.0 Å². The molecule has 0 amide bonds. The molecule has 0 radical (unpaired) electrons. The zero-order chi connectivity index (χ0) is 44.8. The number of ketones is 2. The average molecular weight is 867 g/mol. The molecule has 62 heavy (non-hydrogen) atoms. The van der Waals surface area contributed by atoms with Crippen molar-refractivity contribution in [2.75, 3.05) is 28.4 Å². The fourth-order valence-electron chi connectivity index (χ4n) is 9.35. The predicted octanol–water partition coefficient (Wildman–Crippen LogP) is 10.8. The van der Waals surface area contributed by atoms with Gasteiger partial charge in [-0.15, -0.1) is 0 Å². The van der Waals surface area contributed by atoms with Crippen molar-refractivity contribution in [1.82, 2.24) is 29.9 Å². The van der Waals surface area contributed by atoms with Gasteiger partial charge in [-0.1, -0.05) is 26.7 Å². The van der Waals surface area contributed by atoms with Crippen LogP contribution in [0.2, 0.25) is 0 Å². The maximum Gasteiger partial charge on any atom is 0.316 e. The van der Waals surface area contributed by atoms with Gasteiger partial charge in [0.2, 0.25) is 11.8 Å². The van der Waals surface area contributed by atoms with Crippen LogP contribution in [0.25, 0.3) is 0 Å². The van der Waals surface area contributed by atoms with Gasteiger partial charge in [0.25, 0.3) is 12.9 Å². The van der Waals surface area contributed by atoms with Crippen molar-refractivity contribution in [3.63, 3.8) is 0 Å². The molecule has 0 bridgehead atoms. The summed E-state index contributed by atoms with van der Waals surface area (Å²) in [4.78, 5) is 49.4. The van der Waals surface area contributed by atoms with Gasteiger partial charge in [0.05, 0.1) is 50.7 Å². The quantitative estimate of drug-likeness (QED) is 0.0692. The number of nitrogens with zero attached hydrogens (tertiary/aromatic N) is 6. The van der Waals surface area contributed by atoms with Gasteiger partial charge < -0.3 is 18.9 Å². The number of carbonyl (C=O) groups is 2. The first-order valence-corrected chi connectivity index (χ1v) is 21.4. The zero-order valence-electron chi connectivity index (χ0n) is 36.4. The van der Waals surface area contributed by atoms with Crippen LogP contribution < -0.4 is 18.9 Å². The van der Waals surface area contributed by atoms with Gasteiger partial charge in [-0.3, -0.25) is 9.59 Å². The van der Waals surface area contributed by atoms with E-state index >= 15 is 0 Å². The molecule has 0 N–H and O–H groups in total. The molecule has 4 aromatic rings. The Labute approximate surface area is 361 Å². The van der Waals surface area contributed by atoms with Gasteiger partial charge in [0.1, 0.15) is 0 Å². The second kappa shape index (κ2) is 23.2. The largest absolute Gasteiger partial charge is 0.481 e. The molecule has 0 saturated heterocycles. The highest BCUT2D eigenvalue weighted by molar-refractivity contribution is 5.96. The molecular formula is C46H58F4N6O6. The summed E-state index contributed by atoms with van der Waals surface area (Å²) >= 11 is 0. The molecule has 0 unspecified atom stereocenters. The molecule has 2 aliphatic rings. The number of aromatic nitrogens is 6. The second-order valence-electron chi connectivity index (χ2n) is 16.0. The molecular weight excluding hydrogens is 809 g/mol. The van der Waals surface area contributed by atoms with E-state index in [1.165, 1.54) is 65.6 Å². The SMILES string of the molecule is CC[C@@H](CC(=O)c1cnc(OC)nc1)C1CCC(c2ccnc(OC)c2C(F)F)CC1.CC[C@H](CC(=O)c1cnc(OC)nc1)C1CCC(c2ccnc(OC)c2C(F)F)CC1. The molecule has 0 aromatic carbocycles. The topological polar surface area (TPSA) is 148 Å². The molecule has 16 heteroatoms. The number of hydrogen-bond donors (Lipinski definition) is 0. The lowest BCUT2D eigenvalue weighted by molar-refractivity contribution is 0.0916. The first-order valence-electron chi connectivity index (χ1n) is 21.4. The number of halogens is 4. The number of alkyl halides is 4. The summed E-state index contributed by atoms with van der Waals surface area (Å²) in [6, 6.07) is 3.86. The third-order valence-corrected chi connectivity index (χ3v) is 12.8. The Balaban J connectivity index is 0.000000234. The summed E-state index contributed by atoms with van der Waals surface area (Å²) in [6.07, 6.45) is 13.4. The lowest BCUT2D eigenvalue weighted by Gasteiger charge is -2.34. The Morgan fingerprint density at radius 2 is 0.887 bits per heavy atom. The van der Waals surface area contributed by atoms with E-state index in [1.807, 2.05) is 0 Å². The summed E-state index contributed by atoms with van der Waals surface area (Å²) in [5, 5.41) is 0. The summed E-state index contributed by atoms with van der Waals surface area (Å²) in [5.41, 5.74) is 2.07. The van der Waals surface area contributed by atoms with E-state index in [1.54, 1.807) is 12.1 Å². The van der Waals surface area contributed by atoms with Crippen LogP contribution in [0.4, 0.5) is 17.6 Å². The number of methoxy groups -OCH3 is 4. The van der Waals surface area contributed by atoms with Gasteiger partial charge in [0, 0.05) is 50.0 Å². The van der Waals surface area contributed by atoms with Crippen LogP contribution in [0.15, 0.2) is 49.3 Å². The van der Waals surface area contributed by atoms with Crippen LogP contribution in [0.3, 0.4) is 0 Å². The normalized spacial score (nSPS) is 19.8. The molecule has 2 saturated carbocycles. The molecule has 336 valence electrons. The zero-order valence-corrected chi connectivity index (χ0v) is 36.4. The minimum Gasteiger partial charge on any atom is -0.481 e. The third-order valence-electron chi connectivity index (χ3n) is 12.8. The van der Waals surface area contributed by atoms with Crippen molar-refractivity contribution in [1.29, 1.82) is 0 Å². The minimum absolute atomic E-state index is 0.00775. The van der Waals surface area contributed by atoms with E-state index < -0.39 is 12.9 Å². The van der Waals surface area contributed by atoms with Gasteiger partial charge in [-0.2, -0.15) is 0 Å². The molecule has 2 aliphatic carbocycles. The number of hydrogen-bond acceptors (Lipinski definition) is 12. The second-order valence-corrected chi connectivity index (χ2v) is 16.0. The van der Waals surface area contributed by atoms with E-state index in [0.29, 0.717) is 46.9 Å². The summed E-state index contributed by atoms with van der Waals surface area (Å²) < 4.78 is 74.7. The van der Waals surface area contributed by atoms with Crippen molar-refractivity contribution in [3.8, 4) is 23.8 Å². The van der Waals surface area contributed by atoms with E-state index in [2.05, 4.69) is 43.8 Å². The van der Waals surface area contributed by atoms with Gasteiger partial charge in [-0.25, -0.2) is 47.5 Å². The number of pyridine rings is 2. The number of ether oxygens (including phenoxy) is 4. The molecule has 2 atom stereocenters. The lowest BCUT2D eigenvalue weighted by atomic mass is 9.71. The number of Topliss-reactive ketones (excluding diaryl/α,β-unsaturated/α-hetero) is 2. The predicted molar refractivity (Wildman–Crippen MR) is 224 cm³/mol. The molecule has 2 fully saturated rings. The van der Waals surface area contributed by atoms with E-state index in [-0.39, 0.29) is 70.1 Å². The fourth-order valence-corrected chi connectivity index (χ4v) is 9.35. The van der Waals surface area contributed by atoms with E-state index in [4.69, 9.17) is 18.9 Å². The Kier molecular flexibility index (Phi) is 17.9. The average Bonchev–Trinajstić information content (AvgIpc) is 3.32. The molecule has 0 aliphatic heterocycles. The van der Waals surface area contributed by atoms with Crippen LogP contribution in [-0.2, 0) is 0 Å². The standard InChI is InChI=1S/2C23H29F2N3O3/c2*1-4-14(11-19(29)17-12-27-23(31-3)28-13-17)15-5-7-16(8-6-15)18-9-10-26-22(30-2)20(18)21(24)25/h2*9-10,12-16,21H,4-8,11H2,1-3H3/t2*14-,15?,16?/m10/s1. The maximum absolute atomic E-state index is 13.7. The molecule has 4 heterocycles. The van der Waals surface area contributed by atoms with Crippen LogP contribution >= 0.6 is 0 Å². The molecule has 0 spiro atoms. The van der Waals surface area contributed by atoms with Crippen molar-refractivity contribution in [2.45, 2.75) is 116 Å². The fraction of sp³-hybridized carbons (Fsp3) is 0.565. The van der Waals surface area contributed by atoms with Crippen LogP contribution in [0.1, 0.15) is 159 Å². The van der Waals surface area contributed by atoms with Crippen molar-refractivity contribution in [2.24, 2.45) is 23.7 Å².